The third kappa shape index (κ3) is 7.26. The van der Waals surface area contributed by atoms with Gasteiger partial charge in [-0.15, -0.1) is 0 Å². The Bertz CT molecular complexity index is 1470. The first-order valence-corrected chi connectivity index (χ1v) is 12.7. The molecule has 0 radical (unpaired) electrons. The molecule has 11 heteroatoms. The van der Waals surface area contributed by atoms with E-state index in [4.69, 9.17) is 9.47 Å². The van der Waals surface area contributed by atoms with Crippen LogP contribution >= 0.6 is 0 Å². The number of aryl methyl sites for hydroxylation is 1. The van der Waals surface area contributed by atoms with Crippen molar-refractivity contribution in [2.45, 2.75) is 6.92 Å². The number of likely N-dealkylation sites (N-methyl/N-ethyl adjacent to an activating group) is 2. The highest BCUT2D eigenvalue weighted by molar-refractivity contribution is 5.96. The second-order valence-corrected chi connectivity index (χ2v) is 10.5. The number of imidazole rings is 1. The number of anilines is 2. The van der Waals surface area contributed by atoms with Gasteiger partial charge in [0.1, 0.15) is 6.54 Å². The first-order valence-electron chi connectivity index (χ1n) is 12.7. The van der Waals surface area contributed by atoms with Crippen LogP contribution in [0.25, 0.3) is 16.9 Å². The van der Waals surface area contributed by atoms with Crippen molar-refractivity contribution < 1.29 is 35.5 Å². The zero-order valence-corrected chi connectivity index (χ0v) is 24.5. The van der Waals surface area contributed by atoms with E-state index in [9.17, 15) is 9.18 Å². The molecule has 1 amide bonds. The van der Waals surface area contributed by atoms with E-state index < -0.39 is 5.82 Å². The molecule has 0 aliphatic heterocycles. The summed E-state index contributed by atoms with van der Waals surface area (Å²) in [5.41, 5.74) is 4.22. The Balaban J connectivity index is 0.00000441. The number of nitrogens with one attached hydrogen (secondary N) is 1. The zero-order chi connectivity index (χ0) is 28.2. The van der Waals surface area contributed by atoms with Crippen molar-refractivity contribution in [1.82, 2.24) is 19.3 Å². The third-order valence-electron chi connectivity index (χ3n) is 6.42. The maximum absolute atomic E-state index is 14.3. The molecular weight excluding hydrogens is 535 g/mol. The molecule has 0 atom stereocenters. The molecule has 40 heavy (non-hydrogen) atoms. The van der Waals surface area contributed by atoms with Crippen LogP contribution in [-0.2, 0) is 4.74 Å². The van der Waals surface area contributed by atoms with E-state index in [-0.39, 0.29) is 24.1 Å². The largest absolute Gasteiger partial charge is 1.00 e. The zero-order valence-electron chi connectivity index (χ0n) is 23.7. The number of benzene rings is 2. The quantitative estimate of drug-likeness (QED) is 0.217. The standard InChI is InChI=1S/C29H35FN6O3.ClH/c1-20-17-22(8-9-23(20)29(37)34(2)13-15-39-16-14-36(3,4)5)33-27-28-32-19-25(35(28)12-11-31-27)21-7-10-26(38-6)24(30)18-21;/h7-12,17-19H,13-16H2,1-6H3;1H. The predicted octanol–water partition coefficient (Wildman–Crippen LogP) is 1.39. The van der Waals surface area contributed by atoms with Crippen LogP contribution in [0.5, 0.6) is 5.75 Å². The van der Waals surface area contributed by atoms with Crippen LogP contribution in [0.2, 0.25) is 0 Å². The number of rotatable bonds is 11. The lowest BCUT2D eigenvalue weighted by Crippen LogP contribution is -3.00. The molecule has 1 N–H and O–H groups in total. The van der Waals surface area contributed by atoms with Crippen LogP contribution in [0.15, 0.2) is 55.0 Å². The number of quaternary nitrogens is 1. The van der Waals surface area contributed by atoms with Gasteiger partial charge >= 0.3 is 0 Å². The number of methoxy groups -OCH3 is 1. The molecule has 0 bridgehead atoms. The number of halogens is 2. The van der Waals surface area contributed by atoms with Gasteiger partial charge in [0.15, 0.2) is 23.0 Å². The molecule has 2 aromatic heterocycles. The smallest absolute Gasteiger partial charge is 0.253 e. The van der Waals surface area contributed by atoms with Crippen LogP contribution < -0.4 is 22.5 Å². The van der Waals surface area contributed by atoms with Gasteiger partial charge in [-0.3, -0.25) is 9.20 Å². The summed E-state index contributed by atoms with van der Waals surface area (Å²) in [6, 6.07) is 10.4. The minimum Gasteiger partial charge on any atom is -1.00 e. The summed E-state index contributed by atoms with van der Waals surface area (Å²) < 4.78 is 27.7. The van der Waals surface area contributed by atoms with E-state index in [1.54, 1.807) is 42.7 Å². The number of hydrogen-bond donors (Lipinski definition) is 1. The summed E-state index contributed by atoms with van der Waals surface area (Å²) in [5.74, 6) is 0.225. The third-order valence-corrected chi connectivity index (χ3v) is 6.42. The van der Waals surface area contributed by atoms with Crippen molar-refractivity contribution in [3.8, 4) is 17.0 Å². The topological polar surface area (TPSA) is 81.0 Å². The summed E-state index contributed by atoms with van der Waals surface area (Å²) >= 11 is 0. The normalized spacial score (nSPS) is 11.3. The minimum atomic E-state index is -0.444. The SMILES string of the molecule is COc1ccc(-c2cnc3c(Nc4ccc(C(=O)N(C)CCOCC[N+](C)(C)C)c(C)c4)nccn23)cc1F.[Cl-]. The molecule has 0 saturated heterocycles. The maximum atomic E-state index is 14.3. The van der Waals surface area contributed by atoms with Gasteiger partial charge in [-0.25, -0.2) is 14.4 Å². The average molecular weight is 571 g/mol. The fourth-order valence-electron chi connectivity index (χ4n) is 4.11. The van der Waals surface area contributed by atoms with Crippen LogP contribution in [-0.4, -0.2) is 91.3 Å². The van der Waals surface area contributed by atoms with Gasteiger partial charge in [0.05, 0.1) is 53.4 Å². The van der Waals surface area contributed by atoms with Gasteiger partial charge < -0.3 is 36.6 Å². The summed E-state index contributed by atoms with van der Waals surface area (Å²) in [4.78, 5) is 23.7. The second-order valence-electron chi connectivity index (χ2n) is 10.5. The number of amides is 1. The number of carbonyl (C=O) groups excluding carboxylic acids is 1. The Morgan fingerprint density at radius 3 is 2.58 bits per heavy atom. The van der Waals surface area contributed by atoms with Crippen LogP contribution in [0.1, 0.15) is 15.9 Å². The number of fused-ring (bicyclic) bond motifs is 1. The van der Waals surface area contributed by atoms with E-state index in [1.807, 2.05) is 29.5 Å². The molecule has 2 heterocycles. The van der Waals surface area contributed by atoms with Crippen molar-refractivity contribution in [2.75, 3.05) is 66.9 Å². The molecule has 2 aromatic carbocycles. The van der Waals surface area contributed by atoms with Crippen LogP contribution in [0.3, 0.4) is 0 Å². The highest BCUT2D eigenvalue weighted by Crippen LogP contribution is 2.29. The average Bonchev–Trinajstić information content (AvgIpc) is 3.32. The lowest BCUT2D eigenvalue weighted by molar-refractivity contribution is -0.870. The Kier molecular flexibility index (Phi) is 10.1. The van der Waals surface area contributed by atoms with Gasteiger partial charge in [-0.1, -0.05) is 0 Å². The van der Waals surface area contributed by atoms with Gasteiger partial charge in [0.2, 0.25) is 0 Å². The van der Waals surface area contributed by atoms with E-state index in [1.165, 1.54) is 13.2 Å². The highest BCUT2D eigenvalue weighted by Gasteiger charge is 2.16. The predicted molar refractivity (Wildman–Crippen MR) is 150 cm³/mol. The van der Waals surface area contributed by atoms with Crippen molar-refractivity contribution in [1.29, 1.82) is 0 Å². The fourth-order valence-corrected chi connectivity index (χ4v) is 4.11. The van der Waals surface area contributed by atoms with E-state index in [2.05, 4.69) is 36.4 Å². The van der Waals surface area contributed by atoms with E-state index in [0.717, 1.165) is 28.0 Å². The first-order chi connectivity index (χ1) is 18.6. The lowest BCUT2D eigenvalue weighted by atomic mass is 10.1. The van der Waals surface area contributed by atoms with E-state index >= 15 is 0 Å². The molecule has 0 aliphatic rings. The maximum Gasteiger partial charge on any atom is 0.253 e. The van der Waals surface area contributed by atoms with Crippen LogP contribution in [0.4, 0.5) is 15.9 Å². The molecule has 0 saturated carbocycles. The van der Waals surface area contributed by atoms with Gasteiger partial charge in [0.25, 0.3) is 5.91 Å². The molecule has 0 unspecified atom stereocenters. The van der Waals surface area contributed by atoms with Gasteiger partial charge in [-0.2, -0.15) is 0 Å². The van der Waals surface area contributed by atoms with E-state index in [0.29, 0.717) is 42.4 Å². The Morgan fingerprint density at radius 1 is 1.12 bits per heavy atom. The Labute approximate surface area is 240 Å². The van der Waals surface area contributed by atoms with Gasteiger partial charge in [-0.05, 0) is 48.9 Å². The van der Waals surface area contributed by atoms with Crippen molar-refractivity contribution in [3.05, 3.63) is 71.9 Å². The molecular formula is C29H36ClFN6O3. The van der Waals surface area contributed by atoms with Crippen molar-refractivity contribution in [2.24, 2.45) is 0 Å². The number of nitrogens with zero attached hydrogens (tertiary/aromatic N) is 5. The number of ether oxygens (including phenoxy) is 2. The molecule has 9 nitrogen and oxygen atoms in total. The Hall–Kier alpha value is -3.73. The minimum absolute atomic E-state index is 0. The summed E-state index contributed by atoms with van der Waals surface area (Å²) in [6.07, 6.45) is 5.11. The summed E-state index contributed by atoms with van der Waals surface area (Å²) in [6.45, 7) is 4.48. The summed E-state index contributed by atoms with van der Waals surface area (Å²) in [5, 5.41) is 3.30. The lowest BCUT2D eigenvalue weighted by Gasteiger charge is -2.24. The van der Waals surface area contributed by atoms with Crippen LogP contribution in [0, 0.1) is 12.7 Å². The molecule has 0 spiro atoms. The fraction of sp³-hybridized carbons (Fsp3) is 0.345. The molecule has 214 valence electrons. The highest BCUT2D eigenvalue weighted by atomic mass is 35.5. The monoisotopic (exact) mass is 570 g/mol. The molecule has 4 rings (SSSR count). The molecule has 0 aliphatic carbocycles. The number of hydrogen-bond acceptors (Lipinski definition) is 6. The number of aromatic nitrogens is 3. The van der Waals surface area contributed by atoms with Gasteiger partial charge in [0, 0.05) is 42.8 Å². The number of carbonyl (C=O) groups is 1. The molecule has 0 fully saturated rings. The molecule has 4 aromatic rings. The van der Waals surface area contributed by atoms with Crippen molar-refractivity contribution in [3.63, 3.8) is 0 Å². The second kappa shape index (κ2) is 13.1. The Morgan fingerprint density at radius 2 is 1.90 bits per heavy atom. The summed E-state index contributed by atoms with van der Waals surface area (Å²) in [7, 11) is 9.57. The van der Waals surface area contributed by atoms with Crippen molar-refractivity contribution >= 4 is 23.1 Å². The first kappa shape index (κ1) is 30.8.